The number of thioether (sulfide) groups is 1. The number of nitrogens with one attached hydrogen (secondary N) is 1. The monoisotopic (exact) mass is 399 g/mol. The molecule has 0 aliphatic carbocycles. The number of amides is 1. The molecule has 2 heterocycles. The van der Waals surface area contributed by atoms with Gasteiger partial charge in [-0.15, -0.1) is 0 Å². The number of hydrogen-bond acceptors (Lipinski definition) is 6. The molecule has 0 atom stereocenters. The number of hydrogen-bond donors (Lipinski definition) is 1. The highest BCUT2D eigenvalue weighted by Crippen LogP contribution is 2.26. The van der Waals surface area contributed by atoms with Crippen molar-refractivity contribution < 1.29 is 4.79 Å². The first-order valence-electron chi connectivity index (χ1n) is 8.97. The molecule has 0 fully saturated rings. The highest BCUT2D eigenvalue weighted by atomic mass is 32.2. The molecule has 1 N–H and O–H groups in total. The molecule has 0 spiro atoms. The van der Waals surface area contributed by atoms with E-state index in [-0.39, 0.29) is 17.6 Å². The van der Waals surface area contributed by atoms with E-state index < -0.39 is 0 Å². The number of rotatable bonds is 6. The van der Waals surface area contributed by atoms with Gasteiger partial charge in [0.2, 0.25) is 11.9 Å². The van der Waals surface area contributed by atoms with E-state index in [2.05, 4.69) is 25.3 Å². The van der Waals surface area contributed by atoms with Crippen LogP contribution in [-0.2, 0) is 4.79 Å². The quantitative estimate of drug-likeness (QED) is 0.384. The summed E-state index contributed by atoms with van der Waals surface area (Å²) in [4.78, 5) is 29.5. The number of aromatic nitrogens is 4. The number of anilines is 1. The molecule has 7 heteroatoms. The van der Waals surface area contributed by atoms with Crippen molar-refractivity contribution >= 4 is 23.6 Å². The third-order valence-corrected chi connectivity index (χ3v) is 4.84. The summed E-state index contributed by atoms with van der Waals surface area (Å²) >= 11 is 1.28. The Balaban J connectivity index is 1.58. The molecule has 0 aliphatic rings. The topological polar surface area (TPSA) is 80.7 Å². The molecular formula is C22H17N5OS. The maximum Gasteiger partial charge on any atom is 0.237 e. The lowest BCUT2D eigenvalue weighted by Gasteiger charge is -2.09. The zero-order valence-corrected chi connectivity index (χ0v) is 16.2. The normalized spacial score (nSPS) is 10.5. The Bertz CT molecular complexity index is 1030. The maximum absolute atomic E-state index is 12.2. The second-order valence-corrected chi connectivity index (χ2v) is 7.00. The van der Waals surface area contributed by atoms with Gasteiger partial charge in [0.15, 0.2) is 5.16 Å². The fraction of sp³-hybridized carbons (Fsp3) is 0.0455. The molecule has 0 aliphatic heterocycles. The smallest absolute Gasteiger partial charge is 0.237 e. The molecule has 0 radical (unpaired) electrons. The number of carbonyl (C=O) groups is 1. The van der Waals surface area contributed by atoms with Crippen LogP contribution in [0.25, 0.3) is 22.5 Å². The van der Waals surface area contributed by atoms with E-state index in [4.69, 9.17) is 0 Å². The zero-order chi connectivity index (χ0) is 19.9. The van der Waals surface area contributed by atoms with E-state index in [9.17, 15) is 4.79 Å². The predicted octanol–water partition coefficient (Wildman–Crippen LogP) is 4.33. The minimum absolute atomic E-state index is 0.157. The molecule has 1 amide bonds. The van der Waals surface area contributed by atoms with Gasteiger partial charge in [0, 0.05) is 23.5 Å². The fourth-order valence-corrected chi connectivity index (χ4v) is 3.32. The van der Waals surface area contributed by atoms with Gasteiger partial charge in [-0.1, -0.05) is 72.4 Å². The number of nitrogens with zero attached hydrogens (tertiary/aromatic N) is 4. The Labute approximate surface area is 172 Å². The molecule has 142 valence electrons. The molecule has 29 heavy (non-hydrogen) atoms. The summed E-state index contributed by atoms with van der Waals surface area (Å²) in [6.45, 7) is 0. The van der Waals surface area contributed by atoms with E-state index in [0.717, 1.165) is 22.5 Å². The zero-order valence-electron chi connectivity index (χ0n) is 15.4. The van der Waals surface area contributed by atoms with E-state index in [1.54, 1.807) is 18.5 Å². The van der Waals surface area contributed by atoms with Crippen molar-refractivity contribution in [2.24, 2.45) is 0 Å². The van der Waals surface area contributed by atoms with E-state index in [1.807, 2.05) is 66.7 Å². The van der Waals surface area contributed by atoms with Crippen LogP contribution in [0.2, 0.25) is 0 Å². The summed E-state index contributed by atoms with van der Waals surface area (Å²) in [6, 6.07) is 23.5. The number of carbonyl (C=O) groups excluding carboxylic acids is 1. The summed E-state index contributed by atoms with van der Waals surface area (Å²) in [6.07, 6.45) is 3.16. The van der Waals surface area contributed by atoms with Crippen LogP contribution < -0.4 is 5.32 Å². The third-order valence-electron chi connectivity index (χ3n) is 3.99. The van der Waals surface area contributed by atoms with E-state index >= 15 is 0 Å². The largest absolute Gasteiger partial charge is 0.294 e. The van der Waals surface area contributed by atoms with E-state index in [0.29, 0.717) is 5.16 Å². The van der Waals surface area contributed by atoms with Gasteiger partial charge >= 0.3 is 0 Å². The summed E-state index contributed by atoms with van der Waals surface area (Å²) in [5.74, 6) is 0.225. The lowest BCUT2D eigenvalue weighted by atomic mass is 10.1. The number of benzene rings is 2. The Morgan fingerprint density at radius 2 is 1.34 bits per heavy atom. The molecule has 0 unspecified atom stereocenters. The Morgan fingerprint density at radius 1 is 0.793 bits per heavy atom. The standard InChI is InChI=1S/C22H17N5OS/c28-20(27-21-23-12-7-13-24-21)15-29-22-25-18(16-8-3-1-4-9-16)14-19(26-22)17-10-5-2-6-11-17/h1-14H,15H2,(H,23,24,27,28). The minimum atomic E-state index is -0.212. The molecule has 0 bridgehead atoms. The SMILES string of the molecule is O=C(CSc1nc(-c2ccccc2)cc(-c2ccccc2)n1)Nc1ncccn1. The van der Waals surface area contributed by atoms with Crippen molar-refractivity contribution in [1.82, 2.24) is 19.9 Å². The first-order chi connectivity index (χ1) is 14.3. The second-order valence-electron chi connectivity index (χ2n) is 6.06. The molecule has 6 nitrogen and oxygen atoms in total. The Hall–Kier alpha value is -3.58. The Morgan fingerprint density at radius 3 is 1.90 bits per heavy atom. The highest BCUT2D eigenvalue weighted by molar-refractivity contribution is 7.99. The van der Waals surface area contributed by atoms with Gasteiger partial charge in [-0.3, -0.25) is 10.1 Å². The average molecular weight is 399 g/mol. The lowest BCUT2D eigenvalue weighted by Crippen LogP contribution is -2.16. The van der Waals surface area contributed by atoms with Crippen LogP contribution in [0.15, 0.2) is 90.3 Å². The van der Waals surface area contributed by atoms with Gasteiger partial charge in [-0.25, -0.2) is 19.9 Å². The molecule has 2 aromatic carbocycles. The second kappa shape index (κ2) is 9.07. The van der Waals surface area contributed by atoms with Gasteiger partial charge in [0.1, 0.15) is 0 Å². The van der Waals surface area contributed by atoms with Crippen molar-refractivity contribution in [1.29, 1.82) is 0 Å². The fourth-order valence-electron chi connectivity index (χ4n) is 2.66. The van der Waals surface area contributed by atoms with Crippen molar-refractivity contribution in [3.63, 3.8) is 0 Å². The van der Waals surface area contributed by atoms with Gasteiger partial charge in [0.25, 0.3) is 0 Å². The lowest BCUT2D eigenvalue weighted by molar-refractivity contribution is -0.113. The van der Waals surface area contributed by atoms with Crippen LogP contribution in [0.5, 0.6) is 0 Å². The van der Waals surface area contributed by atoms with Crippen LogP contribution in [0.4, 0.5) is 5.95 Å². The first kappa shape index (κ1) is 18.8. The molecule has 0 saturated carbocycles. The van der Waals surface area contributed by atoms with Crippen molar-refractivity contribution in [3.05, 3.63) is 85.2 Å². The van der Waals surface area contributed by atoms with Crippen LogP contribution >= 0.6 is 11.8 Å². The van der Waals surface area contributed by atoms with Gasteiger partial charge < -0.3 is 0 Å². The van der Waals surface area contributed by atoms with Crippen LogP contribution in [-0.4, -0.2) is 31.6 Å². The van der Waals surface area contributed by atoms with Crippen molar-refractivity contribution in [2.45, 2.75) is 5.16 Å². The molecule has 2 aromatic heterocycles. The van der Waals surface area contributed by atoms with Gasteiger partial charge in [0.05, 0.1) is 17.1 Å². The summed E-state index contributed by atoms with van der Waals surface area (Å²) in [5, 5.41) is 3.20. The minimum Gasteiger partial charge on any atom is -0.294 e. The summed E-state index contributed by atoms with van der Waals surface area (Å²) in [5.41, 5.74) is 3.62. The highest BCUT2D eigenvalue weighted by Gasteiger charge is 2.11. The van der Waals surface area contributed by atoms with Crippen LogP contribution in [0.3, 0.4) is 0 Å². The predicted molar refractivity (Wildman–Crippen MR) is 114 cm³/mol. The Kier molecular flexibility index (Phi) is 5.87. The van der Waals surface area contributed by atoms with Gasteiger partial charge in [-0.05, 0) is 12.1 Å². The van der Waals surface area contributed by atoms with E-state index in [1.165, 1.54) is 11.8 Å². The first-order valence-corrected chi connectivity index (χ1v) is 9.96. The van der Waals surface area contributed by atoms with Gasteiger partial charge in [-0.2, -0.15) is 0 Å². The van der Waals surface area contributed by atoms with Crippen LogP contribution in [0, 0.1) is 0 Å². The summed E-state index contributed by atoms with van der Waals surface area (Å²) in [7, 11) is 0. The average Bonchev–Trinajstić information content (AvgIpc) is 2.79. The molecule has 0 saturated heterocycles. The molecule has 4 aromatic rings. The molecule has 4 rings (SSSR count). The maximum atomic E-state index is 12.2. The summed E-state index contributed by atoms with van der Waals surface area (Å²) < 4.78 is 0. The third kappa shape index (κ3) is 5.03. The van der Waals surface area contributed by atoms with Crippen molar-refractivity contribution in [2.75, 3.05) is 11.1 Å². The van der Waals surface area contributed by atoms with Crippen molar-refractivity contribution in [3.8, 4) is 22.5 Å². The molecular weight excluding hydrogens is 382 g/mol. The van der Waals surface area contributed by atoms with Crippen LogP contribution in [0.1, 0.15) is 0 Å².